The molecule has 6 nitrogen and oxygen atoms in total. The van der Waals surface area contributed by atoms with Crippen LogP contribution in [-0.2, 0) is 0 Å². The number of nitrogens with zero attached hydrogens (tertiary/aromatic N) is 4. The second-order valence-corrected chi connectivity index (χ2v) is 5.03. The zero-order valence-electron chi connectivity index (χ0n) is 11.3. The summed E-state index contributed by atoms with van der Waals surface area (Å²) in [5.74, 6) is 1.13. The van der Waals surface area contributed by atoms with E-state index >= 15 is 0 Å². The molecule has 6 heteroatoms. The topological polar surface area (TPSA) is 70.3 Å². The highest BCUT2D eigenvalue weighted by Crippen LogP contribution is 2.10. The third-order valence-corrected chi connectivity index (χ3v) is 3.37. The molecule has 1 aliphatic rings. The summed E-state index contributed by atoms with van der Waals surface area (Å²) < 4.78 is 0. The second kappa shape index (κ2) is 5.49. The lowest BCUT2D eigenvalue weighted by Crippen LogP contribution is -2.52. The lowest BCUT2D eigenvalue weighted by molar-refractivity contribution is 0.122. The van der Waals surface area contributed by atoms with Gasteiger partial charge in [0.25, 0.3) is 0 Å². The van der Waals surface area contributed by atoms with Gasteiger partial charge in [-0.25, -0.2) is 4.98 Å². The highest BCUT2D eigenvalue weighted by atomic mass is 15.3. The Balaban J connectivity index is 1.94. The van der Waals surface area contributed by atoms with Crippen molar-refractivity contribution in [3.63, 3.8) is 0 Å². The number of nitrogen functional groups attached to an aromatic ring is 1. The summed E-state index contributed by atoms with van der Waals surface area (Å²) in [7, 11) is 4.33. The molecule has 100 valence electrons. The Labute approximate surface area is 108 Å². The molecular weight excluding hydrogens is 228 g/mol. The number of hydrogen-bond acceptors (Lipinski definition) is 6. The molecular formula is C12H22N6. The fourth-order valence-corrected chi connectivity index (χ4v) is 2.23. The Hall–Kier alpha value is -1.40. The Kier molecular flexibility index (Phi) is 3.98. The molecule has 18 heavy (non-hydrogen) atoms. The lowest BCUT2D eigenvalue weighted by atomic mass is 10.2. The van der Waals surface area contributed by atoms with E-state index < -0.39 is 0 Å². The van der Waals surface area contributed by atoms with Crippen LogP contribution in [0.2, 0.25) is 0 Å². The normalized spacial score (nSPS) is 22.1. The maximum absolute atomic E-state index is 5.64. The van der Waals surface area contributed by atoms with Gasteiger partial charge in [0.15, 0.2) is 0 Å². The van der Waals surface area contributed by atoms with Gasteiger partial charge in [0.2, 0.25) is 5.95 Å². The van der Waals surface area contributed by atoms with Crippen molar-refractivity contribution in [3.05, 3.63) is 11.8 Å². The van der Waals surface area contributed by atoms with Gasteiger partial charge >= 0.3 is 0 Å². The number of piperazine rings is 1. The lowest BCUT2D eigenvalue weighted by Gasteiger charge is -2.37. The zero-order valence-corrected chi connectivity index (χ0v) is 11.3. The van der Waals surface area contributed by atoms with Crippen LogP contribution in [0, 0.1) is 6.92 Å². The van der Waals surface area contributed by atoms with Gasteiger partial charge in [-0.05, 0) is 21.0 Å². The molecule has 1 aromatic heterocycles. The van der Waals surface area contributed by atoms with Crippen molar-refractivity contribution in [1.29, 1.82) is 0 Å². The molecule has 1 unspecified atom stereocenters. The summed E-state index contributed by atoms with van der Waals surface area (Å²) >= 11 is 0. The SMILES string of the molecule is Cc1cc(NCC2CN(C)CCN2C)nc(N)n1. The molecule has 0 saturated carbocycles. The Morgan fingerprint density at radius 3 is 2.89 bits per heavy atom. The second-order valence-electron chi connectivity index (χ2n) is 5.03. The zero-order chi connectivity index (χ0) is 13.1. The average molecular weight is 250 g/mol. The van der Waals surface area contributed by atoms with E-state index in [1.165, 1.54) is 0 Å². The summed E-state index contributed by atoms with van der Waals surface area (Å²) in [6.07, 6.45) is 0. The van der Waals surface area contributed by atoms with E-state index in [4.69, 9.17) is 5.73 Å². The van der Waals surface area contributed by atoms with Gasteiger partial charge in [-0.15, -0.1) is 0 Å². The van der Waals surface area contributed by atoms with E-state index in [1.807, 2.05) is 13.0 Å². The summed E-state index contributed by atoms with van der Waals surface area (Å²) in [6.45, 7) is 6.10. The monoisotopic (exact) mass is 250 g/mol. The number of nitrogens with one attached hydrogen (secondary N) is 1. The van der Waals surface area contributed by atoms with Crippen molar-refractivity contribution in [2.75, 3.05) is 51.3 Å². The number of likely N-dealkylation sites (N-methyl/N-ethyl adjacent to an activating group) is 2. The summed E-state index contributed by atoms with van der Waals surface area (Å²) in [5.41, 5.74) is 6.52. The first-order valence-electron chi connectivity index (χ1n) is 6.28. The minimum Gasteiger partial charge on any atom is -0.368 e. The quantitative estimate of drug-likeness (QED) is 0.788. The largest absolute Gasteiger partial charge is 0.368 e. The first-order valence-corrected chi connectivity index (χ1v) is 6.28. The molecule has 0 amide bonds. The predicted octanol–water partition coefficient (Wildman–Crippen LogP) is 0.0249. The van der Waals surface area contributed by atoms with Gasteiger partial charge in [0.05, 0.1) is 0 Å². The molecule has 2 rings (SSSR count). The van der Waals surface area contributed by atoms with Crippen LogP contribution in [0.5, 0.6) is 0 Å². The van der Waals surface area contributed by atoms with Crippen molar-refractivity contribution in [2.45, 2.75) is 13.0 Å². The van der Waals surface area contributed by atoms with Crippen LogP contribution in [0.1, 0.15) is 5.69 Å². The van der Waals surface area contributed by atoms with Gasteiger partial charge in [-0.1, -0.05) is 0 Å². The maximum atomic E-state index is 5.64. The molecule has 0 aliphatic carbocycles. The molecule has 2 heterocycles. The van der Waals surface area contributed by atoms with Crippen LogP contribution in [0.3, 0.4) is 0 Å². The number of nitrogens with two attached hydrogens (primary N) is 1. The third-order valence-electron chi connectivity index (χ3n) is 3.37. The molecule has 1 atom stereocenters. The van der Waals surface area contributed by atoms with Crippen molar-refractivity contribution in [1.82, 2.24) is 19.8 Å². The summed E-state index contributed by atoms with van der Waals surface area (Å²) in [4.78, 5) is 13.0. The molecule has 1 aromatic rings. The minimum atomic E-state index is 0.326. The number of rotatable bonds is 3. The Bertz CT molecular complexity index is 387. The summed E-state index contributed by atoms with van der Waals surface area (Å²) in [6, 6.07) is 2.42. The smallest absolute Gasteiger partial charge is 0.222 e. The molecule has 0 bridgehead atoms. The standard InChI is InChI=1S/C12H22N6/c1-9-6-11(16-12(13)15-9)14-7-10-8-17(2)4-5-18(10)3/h6,10H,4-5,7-8H2,1-3H3,(H3,13,14,15,16). The van der Waals surface area contributed by atoms with Crippen LogP contribution in [0.15, 0.2) is 6.07 Å². The number of hydrogen-bond donors (Lipinski definition) is 2. The molecule has 0 spiro atoms. The molecule has 1 fully saturated rings. The maximum Gasteiger partial charge on any atom is 0.222 e. The highest BCUT2D eigenvalue weighted by molar-refractivity contribution is 5.40. The van der Waals surface area contributed by atoms with E-state index in [0.717, 1.165) is 37.7 Å². The highest BCUT2D eigenvalue weighted by Gasteiger charge is 2.21. The van der Waals surface area contributed by atoms with E-state index in [2.05, 4.69) is 39.2 Å². The summed E-state index contributed by atoms with van der Waals surface area (Å²) in [5, 5.41) is 3.35. The van der Waals surface area contributed by atoms with Gasteiger partial charge in [0, 0.05) is 44.0 Å². The van der Waals surface area contributed by atoms with Crippen molar-refractivity contribution >= 4 is 11.8 Å². The van der Waals surface area contributed by atoms with Gasteiger partial charge < -0.3 is 16.0 Å². The van der Waals surface area contributed by atoms with E-state index in [1.54, 1.807) is 0 Å². The van der Waals surface area contributed by atoms with Crippen LogP contribution in [-0.4, -0.2) is 66.1 Å². The fraction of sp³-hybridized carbons (Fsp3) is 0.667. The van der Waals surface area contributed by atoms with Gasteiger partial charge in [0.1, 0.15) is 5.82 Å². The van der Waals surface area contributed by atoms with Crippen molar-refractivity contribution in [3.8, 4) is 0 Å². The first kappa shape index (κ1) is 13.0. The molecule has 1 saturated heterocycles. The first-order chi connectivity index (χ1) is 8.54. The van der Waals surface area contributed by atoms with Crippen LogP contribution >= 0.6 is 0 Å². The predicted molar refractivity (Wildman–Crippen MR) is 73.6 cm³/mol. The average Bonchev–Trinajstić information content (AvgIpc) is 2.29. The number of anilines is 2. The minimum absolute atomic E-state index is 0.326. The Morgan fingerprint density at radius 1 is 1.39 bits per heavy atom. The van der Waals surface area contributed by atoms with E-state index in [9.17, 15) is 0 Å². The van der Waals surface area contributed by atoms with Gasteiger partial charge in [-0.3, -0.25) is 4.90 Å². The molecule has 0 radical (unpaired) electrons. The Morgan fingerprint density at radius 2 is 2.17 bits per heavy atom. The molecule has 3 N–H and O–H groups in total. The van der Waals surface area contributed by atoms with Crippen LogP contribution < -0.4 is 11.1 Å². The van der Waals surface area contributed by atoms with Crippen molar-refractivity contribution < 1.29 is 0 Å². The molecule has 1 aliphatic heterocycles. The van der Waals surface area contributed by atoms with Crippen LogP contribution in [0.4, 0.5) is 11.8 Å². The van der Waals surface area contributed by atoms with Gasteiger partial charge in [-0.2, -0.15) is 4.98 Å². The van der Waals surface area contributed by atoms with Crippen LogP contribution in [0.25, 0.3) is 0 Å². The van der Waals surface area contributed by atoms with E-state index in [0.29, 0.717) is 12.0 Å². The number of aromatic nitrogens is 2. The molecule has 0 aromatic carbocycles. The number of aryl methyl sites for hydroxylation is 1. The van der Waals surface area contributed by atoms with E-state index in [-0.39, 0.29) is 0 Å². The third kappa shape index (κ3) is 3.30. The van der Waals surface area contributed by atoms with Crippen molar-refractivity contribution in [2.24, 2.45) is 0 Å². The fourth-order valence-electron chi connectivity index (χ4n) is 2.23.